The Hall–Kier alpha value is -2.38. The van der Waals surface area contributed by atoms with Gasteiger partial charge in [0.15, 0.2) is 0 Å². The van der Waals surface area contributed by atoms with Crippen molar-refractivity contribution in [2.75, 3.05) is 18.5 Å². The maximum absolute atomic E-state index is 12.5. The first-order valence-electron chi connectivity index (χ1n) is 9.11. The second-order valence-electron chi connectivity index (χ2n) is 6.93. The molecular formula is C19H21ClN4O3. The van der Waals surface area contributed by atoms with Gasteiger partial charge in [0, 0.05) is 30.2 Å². The molecular weight excluding hydrogens is 368 g/mol. The molecule has 0 bridgehead atoms. The maximum atomic E-state index is 12.5. The van der Waals surface area contributed by atoms with Gasteiger partial charge in [0.2, 0.25) is 11.8 Å². The van der Waals surface area contributed by atoms with Gasteiger partial charge < -0.3 is 15.4 Å². The van der Waals surface area contributed by atoms with Gasteiger partial charge in [-0.15, -0.1) is 0 Å². The van der Waals surface area contributed by atoms with Crippen LogP contribution in [0.15, 0.2) is 30.5 Å². The minimum absolute atomic E-state index is 0.0915. The van der Waals surface area contributed by atoms with Gasteiger partial charge in [-0.25, -0.2) is 4.68 Å². The molecule has 0 unspecified atom stereocenters. The second kappa shape index (κ2) is 7.70. The van der Waals surface area contributed by atoms with Crippen molar-refractivity contribution in [2.45, 2.75) is 31.9 Å². The molecule has 0 saturated carbocycles. The van der Waals surface area contributed by atoms with E-state index in [0.717, 1.165) is 30.6 Å². The topological polar surface area (TPSA) is 85.2 Å². The molecule has 1 aromatic heterocycles. The summed E-state index contributed by atoms with van der Waals surface area (Å²) in [7, 11) is 0. The van der Waals surface area contributed by atoms with Gasteiger partial charge in [0.25, 0.3) is 0 Å². The Balaban J connectivity index is 1.40. The minimum Gasteiger partial charge on any atom is -0.376 e. The number of nitrogens with zero attached hydrogens (tertiary/aromatic N) is 2. The lowest BCUT2D eigenvalue weighted by molar-refractivity contribution is -0.128. The number of amides is 2. The Labute approximate surface area is 162 Å². The van der Waals surface area contributed by atoms with E-state index in [0.29, 0.717) is 23.9 Å². The number of carbonyl (C=O) groups is 2. The number of hydrogen-bond acceptors (Lipinski definition) is 4. The fourth-order valence-electron chi connectivity index (χ4n) is 3.49. The number of fused-ring (bicyclic) bond motifs is 1. The Bertz CT molecular complexity index is 843. The van der Waals surface area contributed by atoms with Crippen molar-refractivity contribution in [3.8, 4) is 11.1 Å². The first-order chi connectivity index (χ1) is 13.1. The molecule has 2 amide bonds. The van der Waals surface area contributed by atoms with Crippen LogP contribution in [0.4, 0.5) is 5.82 Å². The molecule has 2 N–H and O–H groups in total. The first-order valence-corrected chi connectivity index (χ1v) is 9.49. The molecule has 3 heterocycles. The van der Waals surface area contributed by atoms with E-state index in [2.05, 4.69) is 15.7 Å². The number of hydrogen-bond donors (Lipinski definition) is 2. The van der Waals surface area contributed by atoms with Crippen LogP contribution in [0.1, 0.15) is 19.3 Å². The van der Waals surface area contributed by atoms with E-state index in [-0.39, 0.29) is 24.3 Å². The highest BCUT2D eigenvalue weighted by Crippen LogP contribution is 2.32. The van der Waals surface area contributed by atoms with Crippen LogP contribution < -0.4 is 10.6 Å². The lowest BCUT2D eigenvalue weighted by atomic mass is 10.0. The van der Waals surface area contributed by atoms with Crippen molar-refractivity contribution in [1.82, 2.24) is 15.1 Å². The van der Waals surface area contributed by atoms with E-state index >= 15 is 0 Å². The third-order valence-corrected chi connectivity index (χ3v) is 5.24. The van der Waals surface area contributed by atoms with Gasteiger partial charge in [0.05, 0.1) is 24.8 Å². The highest BCUT2D eigenvalue weighted by Gasteiger charge is 2.31. The highest BCUT2D eigenvalue weighted by molar-refractivity contribution is 6.30. The Kier molecular flexibility index (Phi) is 5.13. The van der Waals surface area contributed by atoms with E-state index in [1.165, 1.54) is 0 Å². The summed E-state index contributed by atoms with van der Waals surface area (Å²) < 4.78 is 7.24. The summed E-state index contributed by atoms with van der Waals surface area (Å²) in [5, 5.41) is 10.8. The molecule has 0 spiro atoms. The molecule has 27 heavy (non-hydrogen) atoms. The normalized spacial score (nSPS) is 21.6. The number of rotatable bonds is 5. The molecule has 2 aliphatic rings. The van der Waals surface area contributed by atoms with Crippen LogP contribution in [0.25, 0.3) is 11.1 Å². The van der Waals surface area contributed by atoms with Crippen LogP contribution in [0.5, 0.6) is 0 Å². The number of carbonyl (C=O) groups excluding carboxylic acids is 2. The number of halogens is 1. The predicted molar refractivity (Wildman–Crippen MR) is 101 cm³/mol. The zero-order valence-electron chi connectivity index (χ0n) is 14.8. The van der Waals surface area contributed by atoms with Crippen LogP contribution in [0.3, 0.4) is 0 Å². The zero-order valence-corrected chi connectivity index (χ0v) is 15.5. The minimum atomic E-state index is -0.444. The number of nitrogens with one attached hydrogen (secondary N) is 2. The van der Waals surface area contributed by atoms with Crippen molar-refractivity contribution in [3.63, 3.8) is 0 Å². The van der Waals surface area contributed by atoms with Gasteiger partial charge in [-0.05, 0) is 30.5 Å². The smallest absolute Gasteiger partial charge is 0.231 e. The van der Waals surface area contributed by atoms with Crippen molar-refractivity contribution in [2.24, 2.45) is 5.92 Å². The third kappa shape index (κ3) is 3.99. The monoisotopic (exact) mass is 388 g/mol. The Morgan fingerprint density at radius 2 is 2.19 bits per heavy atom. The summed E-state index contributed by atoms with van der Waals surface area (Å²) in [6.07, 6.45) is 3.94. The molecule has 4 rings (SSSR count). The van der Waals surface area contributed by atoms with Crippen molar-refractivity contribution in [3.05, 3.63) is 35.5 Å². The van der Waals surface area contributed by atoms with Crippen LogP contribution in [-0.4, -0.2) is 40.9 Å². The summed E-state index contributed by atoms with van der Waals surface area (Å²) in [4.78, 5) is 24.7. The van der Waals surface area contributed by atoms with E-state index in [4.69, 9.17) is 16.3 Å². The molecule has 7 nitrogen and oxygen atoms in total. The molecule has 1 fully saturated rings. The lowest BCUT2D eigenvalue weighted by Crippen LogP contribution is -2.39. The number of anilines is 1. The average Bonchev–Trinajstić information content (AvgIpc) is 3.31. The molecule has 1 saturated heterocycles. The largest absolute Gasteiger partial charge is 0.376 e. The predicted octanol–water partition coefficient (Wildman–Crippen LogP) is 2.46. The summed E-state index contributed by atoms with van der Waals surface area (Å²) in [5.41, 5.74) is 1.76. The van der Waals surface area contributed by atoms with Gasteiger partial charge in [-0.2, -0.15) is 5.10 Å². The summed E-state index contributed by atoms with van der Waals surface area (Å²) in [6, 6.07) is 7.37. The number of aromatic nitrogens is 2. The van der Waals surface area contributed by atoms with E-state index in [9.17, 15) is 9.59 Å². The molecule has 8 heteroatoms. The highest BCUT2D eigenvalue weighted by atomic mass is 35.5. The summed E-state index contributed by atoms with van der Waals surface area (Å²) in [5.74, 6) is -0.0945. The van der Waals surface area contributed by atoms with E-state index in [1.54, 1.807) is 23.0 Å². The fourth-order valence-corrected chi connectivity index (χ4v) is 3.62. The maximum Gasteiger partial charge on any atom is 0.231 e. The molecule has 2 atom stereocenters. The van der Waals surface area contributed by atoms with Crippen LogP contribution >= 0.6 is 11.6 Å². The van der Waals surface area contributed by atoms with Gasteiger partial charge >= 0.3 is 0 Å². The van der Waals surface area contributed by atoms with Crippen molar-refractivity contribution in [1.29, 1.82) is 0 Å². The quantitative estimate of drug-likeness (QED) is 0.823. The molecule has 2 aromatic rings. The molecule has 142 valence electrons. The number of ether oxygens (including phenoxy) is 1. The van der Waals surface area contributed by atoms with Gasteiger partial charge in [-0.1, -0.05) is 23.7 Å². The third-order valence-electron chi connectivity index (χ3n) is 4.98. The fraction of sp³-hybridized carbons (Fsp3) is 0.421. The molecule has 1 aromatic carbocycles. The van der Waals surface area contributed by atoms with Gasteiger partial charge in [0.1, 0.15) is 5.82 Å². The number of benzene rings is 1. The molecule has 2 aliphatic heterocycles. The molecule has 0 aliphatic carbocycles. The van der Waals surface area contributed by atoms with E-state index < -0.39 is 5.92 Å². The van der Waals surface area contributed by atoms with E-state index in [1.807, 2.05) is 12.1 Å². The first kappa shape index (κ1) is 18.0. The van der Waals surface area contributed by atoms with Crippen LogP contribution in [0.2, 0.25) is 5.02 Å². The second-order valence-corrected chi connectivity index (χ2v) is 7.36. The SMILES string of the molecule is O=C(C[C@H]1Cn2ncc(-c3ccc(Cl)cc3)c2NC1=O)NC[C@H]1CCCO1. The van der Waals surface area contributed by atoms with Crippen LogP contribution in [0, 0.1) is 5.92 Å². The summed E-state index contributed by atoms with van der Waals surface area (Å²) in [6.45, 7) is 1.63. The average molecular weight is 389 g/mol. The van der Waals surface area contributed by atoms with Crippen molar-refractivity contribution >= 4 is 29.2 Å². The lowest BCUT2D eigenvalue weighted by Gasteiger charge is -2.24. The van der Waals surface area contributed by atoms with Crippen LogP contribution in [-0.2, 0) is 20.9 Å². The van der Waals surface area contributed by atoms with Gasteiger partial charge in [-0.3, -0.25) is 9.59 Å². The Morgan fingerprint density at radius 1 is 1.37 bits per heavy atom. The zero-order chi connectivity index (χ0) is 18.8. The summed E-state index contributed by atoms with van der Waals surface area (Å²) >= 11 is 5.94. The van der Waals surface area contributed by atoms with Crippen molar-refractivity contribution < 1.29 is 14.3 Å². The standard InChI is InChI=1S/C19H21ClN4O3/c20-14-5-3-12(4-6-14)16-10-22-24-11-13(19(26)23-18(16)24)8-17(25)21-9-15-2-1-7-27-15/h3-6,10,13,15H,1-2,7-9,11H2,(H,21,25)(H,23,26)/t13-,15+/m0/s1. The Morgan fingerprint density at radius 3 is 2.93 bits per heavy atom. The molecule has 0 radical (unpaired) electrons.